The molecule has 0 spiro atoms. The molecule has 2 saturated heterocycles. The fourth-order valence-electron chi connectivity index (χ4n) is 5.53. The highest BCUT2D eigenvalue weighted by Crippen LogP contribution is 2.46. The van der Waals surface area contributed by atoms with Crippen molar-refractivity contribution >= 4 is 23.4 Å². The van der Waals surface area contributed by atoms with Crippen LogP contribution in [0.1, 0.15) is 30.1 Å². The van der Waals surface area contributed by atoms with Crippen molar-refractivity contribution in [1.82, 2.24) is 19.7 Å². The molecule has 9 nitrogen and oxygen atoms in total. The van der Waals surface area contributed by atoms with Crippen LogP contribution in [-0.4, -0.2) is 95.1 Å². The number of carbonyl (C=O) groups excluding carboxylic acids is 2. The van der Waals surface area contributed by atoms with Crippen LogP contribution in [0.25, 0.3) is 11.3 Å². The number of aromatic hydroxyl groups is 1. The summed E-state index contributed by atoms with van der Waals surface area (Å²) in [6.07, 6.45) is 2.78. The van der Waals surface area contributed by atoms with Crippen LogP contribution >= 0.6 is 11.6 Å². The van der Waals surface area contributed by atoms with Gasteiger partial charge in [0, 0.05) is 19.6 Å². The summed E-state index contributed by atoms with van der Waals surface area (Å²) >= 11 is 6.74. The molecule has 3 aliphatic heterocycles. The Morgan fingerprint density at radius 3 is 2.72 bits per heavy atom. The fraction of sp³-hybridized carbons (Fsp3) is 0.464. The van der Waals surface area contributed by atoms with Crippen molar-refractivity contribution in [2.75, 3.05) is 46.4 Å². The van der Waals surface area contributed by atoms with E-state index in [1.165, 1.54) is 24.3 Å². The molecule has 2 unspecified atom stereocenters. The summed E-state index contributed by atoms with van der Waals surface area (Å²) in [7, 11) is 2.07. The molecule has 5 rings (SSSR count). The molecular formula is C28H32ClFN4O5. The van der Waals surface area contributed by atoms with Gasteiger partial charge in [-0.05, 0) is 64.0 Å². The van der Waals surface area contributed by atoms with Crippen LogP contribution in [0.4, 0.5) is 4.39 Å². The summed E-state index contributed by atoms with van der Waals surface area (Å²) in [5, 5.41) is 10.4. The van der Waals surface area contributed by atoms with Gasteiger partial charge in [0.25, 0.3) is 5.91 Å². The number of benzene rings is 1. The third kappa shape index (κ3) is 5.15. The molecule has 0 radical (unpaired) electrons. The number of piperazine rings is 1. The normalized spacial score (nSPS) is 20.9. The molecule has 1 aromatic heterocycles. The first-order valence-electron chi connectivity index (χ1n) is 13.1. The van der Waals surface area contributed by atoms with Gasteiger partial charge in [-0.3, -0.25) is 9.59 Å². The maximum Gasteiger partial charge on any atom is 0.263 e. The van der Waals surface area contributed by atoms with E-state index in [2.05, 4.69) is 23.5 Å². The minimum atomic E-state index is -0.727. The second kappa shape index (κ2) is 11.0. The predicted octanol–water partition coefficient (Wildman–Crippen LogP) is 3.59. The number of pyridine rings is 1. The van der Waals surface area contributed by atoms with E-state index in [0.29, 0.717) is 6.54 Å². The summed E-state index contributed by atoms with van der Waals surface area (Å²) in [4.78, 5) is 36.3. The zero-order valence-corrected chi connectivity index (χ0v) is 22.8. The van der Waals surface area contributed by atoms with Gasteiger partial charge in [0.1, 0.15) is 40.6 Å². The first kappa shape index (κ1) is 27.2. The molecule has 2 amide bonds. The number of phenols is 1. The molecule has 11 heteroatoms. The molecule has 3 aliphatic rings. The highest BCUT2D eigenvalue weighted by molar-refractivity contribution is 6.35. The maximum absolute atomic E-state index is 15.0. The average Bonchev–Trinajstić information content (AvgIpc) is 3.07. The van der Waals surface area contributed by atoms with E-state index in [1.807, 2.05) is 6.92 Å². The lowest BCUT2D eigenvalue weighted by Crippen LogP contribution is -2.57. The van der Waals surface area contributed by atoms with E-state index in [1.54, 1.807) is 9.80 Å². The highest BCUT2D eigenvalue weighted by atomic mass is 35.5. The first-order valence-corrected chi connectivity index (χ1v) is 13.5. The molecule has 2 fully saturated rings. The molecular weight excluding hydrogens is 527 g/mol. The molecule has 4 heterocycles. The predicted molar refractivity (Wildman–Crippen MR) is 144 cm³/mol. The summed E-state index contributed by atoms with van der Waals surface area (Å²) in [5.41, 5.74) is -0.221. The quantitative estimate of drug-likeness (QED) is 0.560. The molecule has 1 N–H and O–H groups in total. The molecule has 0 bridgehead atoms. The Labute approximate surface area is 231 Å². The second-order valence-corrected chi connectivity index (χ2v) is 10.7. The number of halogens is 2. The van der Waals surface area contributed by atoms with Crippen LogP contribution in [0.5, 0.6) is 17.4 Å². The lowest BCUT2D eigenvalue weighted by Gasteiger charge is -2.39. The number of phenolic OH excluding ortho intramolecular Hbond substituents is 1. The first-order chi connectivity index (χ1) is 18.7. The number of likely N-dealkylation sites (tertiary alicyclic amines) is 1. The molecule has 1 aromatic carbocycles. The SMILES string of the molecule is C=CC(=O)N1CCN2C(=O)c3c(OC(C)C4CCN(C)CC4)nc(-c4c(O)cccc4F)c(Cl)c3OCC2C1. The van der Waals surface area contributed by atoms with Crippen molar-refractivity contribution in [3.8, 4) is 28.6 Å². The van der Waals surface area contributed by atoms with Gasteiger partial charge >= 0.3 is 0 Å². The number of ether oxygens (including phenoxy) is 2. The van der Waals surface area contributed by atoms with E-state index in [9.17, 15) is 19.1 Å². The third-order valence-electron chi connectivity index (χ3n) is 7.88. The lowest BCUT2D eigenvalue weighted by molar-refractivity contribution is -0.128. The average molecular weight is 559 g/mol. The van der Waals surface area contributed by atoms with E-state index in [4.69, 9.17) is 21.1 Å². The van der Waals surface area contributed by atoms with Crippen LogP contribution in [0.2, 0.25) is 5.02 Å². The number of piperidine rings is 1. The Morgan fingerprint density at radius 1 is 1.28 bits per heavy atom. The van der Waals surface area contributed by atoms with Crippen molar-refractivity contribution in [1.29, 1.82) is 0 Å². The van der Waals surface area contributed by atoms with Gasteiger partial charge in [0.05, 0.1) is 11.6 Å². The van der Waals surface area contributed by atoms with E-state index in [0.717, 1.165) is 25.9 Å². The van der Waals surface area contributed by atoms with Crippen LogP contribution in [0.3, 0.4) is 0 Å². The van der Waals surface area contributed by atoms with Crippen molar-refractivity contribution in [3.63, 3.8) is 0 Å². The number of hydrogen-bond donors (Lipinski definition) is 1. The van der Waals surface area contributed by atoms with Gasteiger partial charge in [-0.15, -0.1) is 0 Å². The number of rotatable bonds is 5. The Bertz CT molecular complexity index is 1280. The third-order valence-corrected chi connectivity index (χ3v) is 8.23. The fourth-order valence-corrected chi connectivity index (χ4v) is 5.82. The highest BCUT2D eigenvalue weighted by Gasteiger charge is 2.41. The Morgan fingerprint density at radius 2 is 2.03 bits per heavy atom. The molecule has 0 aliphatic carbocycles. The van der Waals surface area contributed by atoms with Gasteiger partial charge in [-0.25, -0.2) is 9.37 Å². The van der Waals surface area contributed by atoms with Crippen LogP contribution < -0.4 is 9.47 Å². The number of fused-ring (bicyclic) bond motifs is 2. The smallest absolute Gasteiger partial charge is 0.263 e. The van der Waals surface area contributed by atoms with E-state index in [-0.39, 0.29) is 82.8 Å². The largest absolute Gasteiger partial charge is 0.507 e. The van der Waals surface area contributed by atoms with Gasteiger partial charge in [-0.2, -0.15) is 0 Å². The number of amides is 2. The lowest BCUT2D eigenvalue weighted by atomic mass is 9.92. The van der Waals surface area contributed by atoms with E-state index < -0.39 is 11.9 Å². The number of nitrogens with zero attached hydrogens (tertiary/aromatic N) is 4. The molecule has 0 saturated carbocycles. The molecule has 39 heavy (non-hydrogen) atoms. The van der Waals surface area contributed by atoms with Crippen LogP contribution in [0, 0.1) is 11.7 Å². The molecule has 208 valence electrons. The monoisotopic (exact) mass is 558 g/mol. The maximum atomic E-state index is 15.0. The summed E-state index contributed by atoms with van der Waals surface area (Å²) in [6.45, 7) is 8.28. The summed E-state index contributed by atoms with van der Waals surface area (Å²) in [5.74, 6) is -1.46. The van der Waals surface area contributed by atoms with Gasteiger partial charge in [0.15, 0.2) is 5.75 Å². The van der Waals surface area contributed by atoms with Crippen LogP contribution in [0.15, 0.2) is 30.9 Å². The number of hydrogen-bond acceptors (Lipinski definition) is 7. The topological polar surface area (TPSA) is 95.4 Å². The van der Waals surface area contributed by atoms with Gasteiger partial charge in [0.2, 0.25) is 11.8 Å². The van der Waals surface area contributed by atoms with Gasteiger partial charge < -0.3 is 29.3 Å². The summed E-state index contributed by atoms with van der Waals surface area (Å²) in [6, 6.07) is 3.46. The second-order valence-electron chi connectivity index (χ2n) is 10.3. The zero-order valence-electron chi connectivity index (χ0n) is 22.0. The Hall–Kier alpha value is -3.37. The van der Waals surface area contributed by atoms with Crippen molar-refractivity contribution in [2.24, 2.45) is 5.92 Å². The van der Waals surface area contributed by atoms with Crippen molar-refractivity contribution in [2.45, 2.75) is 31.9 Å². The standard InChI is InChI=1S/C28H32ClFN4O5/c1-4-21(36)33-12-13-34-18(14-33)15-38-26-23(28(34)37)27(39-16(2)17-8-10-32(3)11-9-17)31-25(24(26)29)22-19(30)6-5-7-20(22)35/h4-7,16-18,35H,1,8-15H2,2-3H3. The minimum absolute atomic E-state index is 0.0197. The summed E-state index contributed by atoms with van der Waals surface area (Å²) < 4.78 is 27.4. The minimum Gasteiger partial charge on any atom is -0.507 e. The zero-order chi connectivity index (χ0) is 27.8. The van der Waals surface area contributed by atoms with Crippen molar-refractivity contribution in [3.05, 3.63) is 47.3 Å². The van der Waals surface area contributed by atoms with E-state index >= 15 is 0 Å². The Balaban J connectivity index is 1.58. The van der Waals surface area contributed by atoms with Crippen LogP contribution in [-0.2, 0) is 4.79 Å². The molecule has 2 aromatic rings. The van der Waals surface area contributed by atoms with Gasteiger partial charge in [-0.1, -0.05) is 24.2 Å². The number of carbonyl (C=O) groups is 2. The molecule has 2 atom stereocenters. The Kier molecular flexibility index (Phi) is 7.68. The van der Waals surface area contributed by atoms with Crippen molar-refractivity contribution < 1.29 is 28.6 Å². The number of aromatic nitrogens is 1.